The number of rotatable bonds is 3. The first-order valence-electron chi connectivity index (χ1n) is 7.21. The average molecular weight is 286 g/mol. The van der Waals surface area contributed by atoms with E-state index in [1.54, 1.807) is 19.3 Å². The molecule has 1 saturated heterocycles. The maximum absolute atomic E-state index is 11.3. The van der Waals surface area contributed by atoms with Crippen molar-refractivity contribution in [3.05, 3.63) is 30.4 Å². The summed E-state index contributed by atoms with van der Waals surface area (Å²) in [6.07, 6.45) is 6.20. The molecule has 3 rings (SSSR count). The van der Waals surface area contributed by atoms with Crippen LogP contribution in [0.5, 0.6) is 0 Å². The summed E-state index contributed by atoms with van der Waals surface area (Å²) in [5.74, 6) is 1.90. The molecule has 2 aromatic heterocycles. The zero-order valence-corrected chi connectivity index (χ0v) is 12.0. The Labute approximate surface area is 123 Å². The fourth-order valence-corrected chi connectivity index (χ4v) is 2.65. The molecule has 0 aliphatic carbocycles. The lowest BCUT2D eigenvalue weighted by molar-refractivity contribution is -0.130. The first kappa shape index (κ1) is 13.7. The monoisotopic (exact) mass is 286 g/mol. The minimum atomic E-state index is 0.158. The van der Waals surface area contributed by atoms with Gasteiger partial charge in [-0.15, -0.1) is 0 Å². The van der Waals surface area contributed by atoms with Crippen LogP contribution in [-0.2, 0) is 11.2 Å². The summed E-state index contributed by atoms with van der Waals surface area (Å²) in [6.45, 7) is 3.27. The number of hydrogen-bond donors (Lipinski definition) is 0. The van der Waals surface area contributed by atoms with Crippen LogP contribution >= 0.6 is 0 Å². The van der Waals surface area contributed by atoms with E-state index in [-0.39, 0.29) is 5.91 Å². The van der Waals surface area contributed by atoms with Gasteiger partial charge in [-0.2, -0.15) is 4.98 Å². The van der Waals surface area contributed by atoms with E-state index in [0.29, 0.717) is 17.6 Å². The van der Waals surface area contributed by atoms with Gasteiger partial charge in [0.05, 0.1) is 0 Å². The molecule has 0 spiro atoms. The second-order valence-electron chi connectivity index (χ2n) is 5.41. The highest BCUT2D eigenvalue weighted by Gasteiger charge is 2.22. The Bertz CT molecular complexity index is 603. The van der Waals surface area contributed by atoms with E-state index in [2.05, 4.69) is 15.1 Å². The molecule has 110 valence electrons. The second kappa shape index (κ2) is 6.03. The second-order valence-corrected chi connectivity index (χ2v) is 5.41. The number of carbonyl (C=O) groups excluding carboxylic acids is 1. The molecule has 21 heavy (non-hydrogen) atoms. The van der Waals surface area contributed by atoms with Gasteiger partial charge in [0, 0.05) is 44.4 Å². The molecule has 0 N–H and O–H groups in total. The van der Waals surface area contributed by atoms with Crippen molar-refractivity contribution in [3.8, 4) is 11.4 Å². The van der Waals surface area contributed by atoms with Crippen molar-refractivity contribution in [2.75, 3.05) is 13.1 Å². The molecule has 1 amide bonds. The fraction of sp³-hybridized carbons (Fsp3) is 0.467. The summed E-state index contributed by atoms with van der Waals surface area (Å²) >= 11 is 0. The fourth-order valence-electron chi connectivity index (χ4n) is 2.65. The van der Waals surface area contributed by atoms with Gasteiger partial charge in [-0.25, -0.2) is 0 Å². The van der Waals surface area contributed by atoms with Gasteiger partial charge in [0.25, 0.3) is 0 Å². The van der Waals surface area contributed by atoms with Gasteiger partial charge < -0.3 is 9.42 Å². The van der Waals surface area contributed by atoms with Crippen LogP contribution in [0.3, 0.4) is 0 Å². The van der Waals surface area contributed by atoms with Crippen molar-refractivity contribution in [2.45, 2.75) is 26.2 Å². The lowest BCUT2D eigenvalue weighted by atomic mass is 9.93. The van der Waals surface area contributed by atoms with Gasteiger partial charge in [0.2, 0.25) is 17.6 Å². The molecule has 0 unspecified atom stereocenters. The van der Waals surface area contributed by atoms with Crippen LogP contribution in [0.15, 0.2) is 29.0 Å². The molecular formula is C15H18N4O2. The third-order valence-corrected chi connectivity index (χ3v) is 3.91. The molecule has 0 saturated carbocycles. The summed E-state index contributed by atoms with van der Waals surface area (Å²) in [4.78, 5) is 21.7. The standard InChI is InChI=1S/C15H18N4O2/c1-11(20)19-7-4-12(5-8-19)9-14-17-15(18-21-14)13-3-2-6-16-10-13/h2-3,6,10,12H,4-5,7-9H2,1H3. The number of carbonyl (C=O) groups is 1. The van der Waals surface area contributed by atoms with Crippen LogP contribution in [0.4, 0.5) is 0 Å². The van der Waals surface area contributed by atoms with Gasteiger partial charge in [0.15, 0.2) is 0 Å². The van der Waals surface area contributed by atoms with Gasteiger partial charge >= 0.3 is 0 Å². The quantitative estimate of drug-likeness (QED) is 0.862. The zero-order chi connectivity index (χ0) is 14.7. The van der Waals surface area contributed by atoms with Crippen LogP contribution in [0, 0.1) is 5.92 Å². The van der Waals surface area contributed by atoms with E-state index in [1.807, 2.05) is 17.0 Å². The maximum atomic E-state index is 11.3. The molecule has 0 bridgehead atoms. The summed E-state index contributed by atoms with van der Waals surface area (Å²) in [5.41, 5.74) is 0.860. The Morgan fingerprint density at radius 3 is 2.90 bits per heavy atom. The van der Waals surface area contributed by atoms with E-state index in [9.17, 15) is 4.79 Å². The third-order valence-electron chi connectivity index (χ3n) is 3.91. The number of likely N-dealkylation sites (tertiary alicyclic amines) is 1. The predicted molar refractivity (Wildman–Crippen MR) is 76.2 cm³/mol. The third kappa shape index (κ3) is 3.26. The Hall–Kier alpha value is -2.24. The largest absolute Gasteiger partial charge is 0.343 e. The van der Waals surface area contributed by atoms with E-state index < -0.39 is 0 Å². The number of aromatic nitrogens is 3. The summed E-state index contributed by atoms with van der Waals surface area (Å²) in [7, 11) is 0. The lowest BCUT2D eigenvalue weighted by Crippen LogP contribution is -2.37. The van der Waals surface area contributed by atoms with Crippen LogP contribution in [0.25, 0.3) is 11.4 Å². The summed E-state index contributed by atoms with van der Waals surface area (Å²) in [6, 6.07) is 3.76. The Morgan fingerprint density at radius 1 is 1.43 bits per heavy atom. The van der Waals surface area contributed by atoms with E-state index >= 15 is 0 Å². The molecule has 0 aromatic carbocycles. The molecule has 2 aromatic rings. The number of pyridine rings is 1. The number of nitrogens with zero attached hydrogens (tertiary/aromatic N) is 4. The summed E-state index contributed by atoms with van der Waals surface area (Å²) < 4.78 is 5.33. The van der Waals surface area contributed by atoms with Crippen molar-refractivity contribution in [3.63, 3.8) is 0 Å². The van der Waals surface area contributed by atoms with Crippen molar-refractivity contribution < 1.29 is 9.32 Å². The van der Waals surface area contributed by atoms with Gasteiger partial charge in [0.1, 0.15) is 0 Å². The average Bonchev–Trinajstić information content (AvgIpc) is 2.97. The van der Waals surface area contributed by atoms with Gasteiger partial charge in [-0.3, -0.25) is 9.78 Å². The maximum Gasteiger partial charge on any atom is 0.227 e. The van der Waals surface area contributed by atoms with Crippen molar-refractivity contribution in [1.29, 1.82) is 0 Å². The normalized spacial score (nSPS) is 16.1. The van der Waals surface area contributed by atoms with E-state index in [0.717, 1.165) is 37.9 Å². The van der Waals surface area contributed by atoms with Crippen LogP contribution in [0.2, 0.25) is 0 Å². The topological polar surface area (TPSA) is 72.1 Å². The van der Waals surface area contributed by atoms with Gasteiger partial charge in [-0.05, 0) is 30.9 Å². The van der Waals surface area contributed by atoms with E-state index in [4.69, 9.17) is 4.52 Å². The zero-order valence-electron chi connectivity index (χ0n) is 12.0. The molecule has 1 aliphatic rings. The van der Waals surface area contributed by atoms with Crippen LogP contribution in [-0.4, -0.2) is 39.0 Å². The molecular weight excluding hydrogens is 268 g/mol. The van der Waals surface area contributed by atoms with Gasteiger partial charge in [-0.1, -0.05) is 5.16 Å². The first-order chi connectivity index (χ1) is 10.2. The number of piperidine rings is 1. The molecule has 1 aliphatic heterocycles. The SMILES string of the molecule is CC(=O)N1CCC(Cc2nc(-c3cccnc3)no2)CC1. The smallest absolute Gasteiger partial charge is 0.227 e. The summed E-state index contributed by atoms with van der Waals surface area (Å²) in [5, 5.41) is 4.00. The van der Waals surface area contributed by atoms with E-state index in [1.165, 1.54) is 0 Å². The Kier molecular flexibility index (Phi) is 3.94. The highest BCUT2D eigenvalue weighted by atomic mass is 16.5. The Morgan fingerprint density at radius 2 is 2.24 bits per heavy atom. The molecule has 6 nitrogen and oxygen atoms in total. The highest BCUT2D eigenvalue weighted by Crippen LogP contribution is 2.22. The number of hydrogen-bond acceptors (Lipinski definition) is 5. The van der Waals surface area contributed by atoms with Crippen molar-refractivity contribution >= 4 is 5.91 Å². The minimum Gasteiger partial charge on any atom is -0.343 e. The number of amides is 1. The van der Waals surface area contributed by atoms with Crippen molar-refractivity contribution in [1.82, 2.24) is 20.0 Å². The van der Waals surface area contributed by atoms with Crippen LogP contribution in [0.1, 0.15) is 25.7 Å². The molecule has 6 heteroatoms. The molecule has 1 fully saturated rings. The van der Waals surface area contributed by atoms with Crippen LogP contribution < -0.4 is 0 Å². The first-order valence-corrected chi connectivity index (χ1v) is 7.21. The Balaban J connectivity index is 1.60. The molecule has 0 atom stereocenters. The molecule has 0 radical (unpaired) electrons. The van der Waals surface area contributed by atoms with Crippen molar-refractivity contribution in [2.24, 2.45) is 5.92 Å². The predicted octanol–water partition coefficient (Wildman–Crippen LogP) is 1.93. The highest BCUT2D eigenvalue weighted by molar-refractivity contribution is 5.73. The lowest BCUT2D eigenvalue weighted by Gasteiger charge is -2.30. The minimum absolute atomic E-state index is 0.158. The molecule has 3 heterocycles.